The molecule has 0 radical (unpaired) electrons. The molecule has 2 aromatic carbocycles. The number of hydrogen-bond donors (Lipinski definition) is 1. The van der Waals surface area contributed by atoms with Gasteiger partial charge in [-0.15, -0.1) is 0 Å². The lowest BCUT2D eigenvalue weighted by Crippen LogP contribution is -2.35. The number of ether oxygens (including phenoxy) is 1. The first-order valence-electron chi connectivity index (χ1n) is 9.65. The molecule has 29 heavy (non-hydrogen) atoms. The van der Waals surface area contributed by atoms with E-state index >= 15 is 0 Å². The molecule has 1 fully saturated rings. The summed E-state index contributed by atoms with van der Waals surface area (Å²) in [7, 11) is -3.49. The highest BCUT2D eigenvalue weighted by atomic mass is 79.9. The molecule has 1 aliphatic heterocycles. The Balaban J connectivity index is 1.76. The van der Waals surface area contributed by atoms with Gasteiger partial charge in [0.15, 0.2) is 0 Å². The van der Waals surface area contributed by atoms with Crippen molar-refractivity contribution >= 4 is 37.5 Å². The molecule has 8 heteroatoms. The van der Waals surface area contributed by atoms with Crippen LogP contribution >= 0.6 is 15.9 Å². The van der Waals surface area contributed by atoms with E-state index in [1.807, 2.05) is 19.9 Å². The summed E-state index contributed by atoms with van der Waals surface area (Å²) >= 11 is 3.38. The highest BCUT2D eigenvalue weighted by Gasteiger charge is 2.25. The molecule has 156 valence electrons. The van der Waals surface area contributed by atoms with Gasteiger partial charge in [-0.1, -0.05) is 22.4 Å². The molecular formula is C21H25BrN2O4S. The second kappa shape index (κ2) is 9.28. The van der Waals surface area contributed by atoms with E-state index in [0.29, 0.717) is 30.1 Å². The highest BCUT2D eigenvalue weighted by Crippen LogP contribution is 2.26. The van der Waals surface area contributed by atoms with Crippen molar-refractivity contribution in [2.75, 3.05) is 18.4 Å². The van der Waals surface area contributed by atoms with Crippen molar-refractivity contribution in [3.63, 3.8) is 0 Å². The number of amides is 1. The molecule has 3 rings (SSSR count). The zero-order valence-corrected chi connectivity index (χ0v) is 18.9. The molecule has 0 bridgehead atoms. The summed E-state index contributed by atoms with van der Waals surface area (Å²) in [4.78, 5) is 13.0. The van der Waals surface area contributed by atoms with Crippen LogP contribution in [-0.2, 0) is 10.0 Å². The summed E-state index contributed by atoms with van der Waals surface area (Å²) in [6.45, 7) is 4.90. The van der Waals surface area contributed by atoms with Crippen LogP contribution in [0.25, 0.3) is 0 Å². The molecule has 0 spiro atoms. The minimum Gasteiger partial charge on any atom is -0.490 e. The van der Waals surface area contributed by atoms with Crippen molar-refractivity contribution in [3.05, 3.63) is 52.5 Å². The van der Waals surface area contributed by atoms with Crippen molar-refractivity contribution < 1.29 is 17.9 Å². The Labute approximate surface area is 180 Å². The number of carbonyl (C=O) groups excluding carboxylic acids is 1. The minimum absolute atomic E-state index is 0.0676. The topological polar surface area (TPSA) is 75.7 Å². The van der Waals surface area contributed by atoms with Gasteiger partial charge < -0.3 is 10.1 Å². The number of piperidine rings is 1. The van der Waals surface area contributed by atoms with Crippen LogP contribution in [0.5, 0.6) is 5.75 Å². The van der Waals surface area contributed by atoms with Crippen molar-refractivity contribution in [2.24, 2.45) is 0 Å². The van der Waals surface area contributed by atoms with Gasteiger partial charge in [-0.2, -0.15) is 4.31 Å². The van der Waals surface area contributed by atoms with E-state index in [1.54, 1.807) is 24.3 Å². The third-order valence-electron chi connectivity index (χ3n) is 4.61. The summed E-state index contributed by atoms with van der Waals surface area (Å²) in [5, 5.41) is 2.81. The second-order valence-corrected chi connectivity index (χ2v) is 10.1. The Morgan fingerprint density at radius 3 is 2.34 bits per heavy atom. The normalized spacial score (nSPS) is 15.3. The lowest BCUT2D eigenvalue weighted by molar-refractivity contribution is 0.102. The molecule has 0 aromatic heterocycles. The molecule has 6 nitrogen and oxygen atoms in total. The number of sulfonamides is 1. The van der Waals surface area contributed by atoms with Crippen LogP contribution in [0.4, 0.5) is 5.69 Å². The molecule has 1 aliphatic rings. The fraction of sp³-hybridized carbons (Fsp3) is 0.381. The van der Waals surface area contributed by atoms with Crippen LogP contribution in [0.3, 0.4) is 0 Å². The van der Waals surface area contributed by atoms with Gasteiger partial charge in [-0.05, 0) is 69.2 Å². The molecule has 0 saturated carbocycles. The van der Waals surface area contributed by atoms with Crippen LogP contribution in [0.2, 0.25) is 0 Å². The van der Waals surface area contributed by atoms with Crippen molar-refractivity contribution in [1.29, 1.82) is 0 Å². The van der Waals surface area contributed by atoms with E-state index in [9.17, 15) is 13.2 Å². The lowest BCUT2D eigenvalue weighted by Gasteiger charge is -2.25. The largest absolute Gasteiger partial charge is 0.490 e. The maximum atomic E-state index is 12.8. The first-order valence-corrected chi connectivity index (χ1v) is 11.9. The molecule has 2 aromatic rings. The number of benzene rings is 2. The van der Waals surface area contributed by atoms with Crippen LogP contribution in [-0.4, -0.2) is 37.8 Å². The Morgan fingerprint density at radius 2 is 1.72 bits per heavy atom. The third kappa shape index (κ3) is 5.38. The third-order valence-corrected chi connectivity index (χ3v) is 7.02. The monoisotopic (exact) mass is 480 g/mol. The summed E-state index contributed by atoms with van der Waals surface area (Å²) in [5.74, 6) is 0.165. The summed E-state index contributed by atoms with van der Waals surface area (Å²) in [6, 6.07) is 11.5. The van der Waals surface area contributed by atoms with Gasteiger partial charge in [0, 0.05) is 23.2 Å². The van der Waals surface area contributed by atoms with E-state index in [0.717, 1.165) is 23.7 Å². The number of rotatable bonds is 6. The van der Waals surface area contributed by atoms with Gasteiger partial charge in [-0.25, -0.2) is 8.42 Å². The highest BCUT2D eigenvalue weighted by molar-refractivity contribution is 9.10. The predicted octanol–water partition coefficient (Wildman–Crippen LogP) is 4.66. The number of halogens is 1. The van der Waals surface area contributed by atoms with E-state index in [-0.39, 0.29) is 16.9 Å². The minimum atomic E-state index is -3.49. The Kier molecular flexibility index (Phi) is 6.97. The number of carbonyl (C=O) groups is 1. The van der Waals surface area contributed by atoms with Gasteiger partial charge in [-0.3, -0.25) is 4.79 Å². The Bertz CT molecular complexity index is 969. The molecular weight excluding hydrogens is 456 g/mol. The van der Waals surface area contributed by atoms with Gasteiger partial charge in [0.1, 0.15) is 5.75 Å². The standard InChI is InChI=1S/C21H25BrN2O4S/c1-15(2)28-20-11-6-16(22)14-19(20)21(25)23-17-7-9-18(10-8-17)29(26,27)24-12-4-3-5-13-24/h6-11,14-15H,3-5,12-13H2,1-2H3,(H,23,25). The van der Waals surface area contributed by atoms with Gasteiger partial charge in [0.2, 0.25) is 10.0 Å². The van der Waals surface area contributed by atoms with Gasteiger partial charge in [0.05, 0.1) is 16.6 Å². The average Bonchev–Trinajstić information content (AvgIpc) is 2.70. The number of anilines is 1. The van der Waals surface area contributed by atoms with Crippen molar-refractivity contribution in [2.45, 2.75) is 44.1 Å². The number of nitrogens with zero attached hydrogens (tertiary/aromatic N) is 1. The predicted molar refractivity (Wildman–Crippen MR) is 117 cm³/mol. The molecule has 1 amide bonds. The zero-order valence-electron chi connectivity index (χ0n) is 16.5. The summed E-state index contributed by atoms with van der Waals surface area (Å²) < 4.78 is 33.5. The van der Waals surface area contributed by atoms with E-state index < -0.39 is 10.0 Å². The molecule has 0 unspecified atom stereocenters. The van der Waals surface area contributed by atoms with Gasteiger partial charge >= 0.3 is 0 Å². The Hall–Kier alpha value is -1.90. The first-order chi connectivity index (χ1) is 13.8. The fourth-order valence-corrected chi connectivity index (χ4v) is 5.08. The fourth-order valence-electron chi connectivity index (χ4n) is 3.20. The van der Waals surface area contributed by atoms with E-state index in [2.05, 4.69) is 21.2 Å². The number of nitrogens with one attached hydrogen (secondary N) is 1. The second-order valence-electron chi connectivity index (χ2n) is 7.25. The first kappa shape index (κ1) is 21.8. The quantitative estimate of drug-likeness (QED) is 0.651. The number of hydrogen-bond acceptors (Lipinski definition) is 4. The SMILES string of the molecule is CC(C)Oc1ccc(Br)cc1C(=O)Nc1ccc(S(=O)(=O)N2CCCCC2)cc1. The maximum Gasteiger partial charge on any atom is 0.259 e. The smallest absolute Gasteiger partial charge is 0.259 e. The van der Waals surface area contributed by atoms with Gasteiger partial charge in [0.25, 0.3) is 5.91 Å². The summed E-state index contributed by atoms with van der Waals surface area (Å²) in [6.07, 6.45) is 2.78. The van der Waals surface area contributed by atoms with Crippen LogP contribution in [0.15, 0.2) is 51.8 Å². The lowest BCUT2D eigenvalue weighted by atomic mass is 10.1. The van der Waals surface area contributed by atoms with Crippen LogP contribution in [0, 0.1) is 0 Å². The molecule has 1 heterocycles. The van der Waals surface area contributed by atoms with E-state index in [1.165, 1.54) is 16.4 Å². The summed E-state index contributed by atoms with van der Waals surface area (Å²) in [5.41, 5.74) is 0.918. The molecule has 0 atom stereocenters. The Morgan fingerprint density at radius 1 is 1.07 bits per heavy atom. The molecule has 1 saturated heterocycles. The van der Waals surface area contributed by atoms with Crippen LogP contribution in [0.1, 0.15) is 43.5 Å². The van der Waals surface area contributed by atoms with E-state index in [4.69, 9.17) is 4.74 Å². The maximum absolute atomic E-state index is 12.8. The van der Waals surface area contributed by atoms with Crippen LogP contribution < -0.4 is 10.1 Å². The van der Waals surface area contributed by atoms with Crippen molar-refractivity contribution in [1.82, 2.24) is 4.31 Å². The molecule has 0 aliphatic carbocycles. The molecule has 1 N–H and O–H groups in total. The zero-order chi connectivity index (χ0) is 21.0. The van der Waals surface area contributed by atoms with Crippen molar-refractivity contribution in [3.8, 4) is 5.75 Å². The average molecular weight is 481 g/mol.